The smallest absolute Gasteiger partial charge is 0.224 e. The van der Waals surface area contributed by atoms with Crippen molar-refractivity contribution in [3.8, 4) is 11.4 Å². The van der Waals surface area contributed by atoms with Crippen LogP contribution in [0.3, 0.4) is 0 Å². The van der Waals surface area contributed by atoms with Crippen molar-refractivity contribution in [3.63, 3.8) is 0 Å². The van der Waals surface area contributed by atoms with Crippen LogP contribution in [-0.4, -0.2) is 33.0 Å². The van der Waals surface area contributed by atoms with Crippen molar-refractivity contribution >= 4 is 17.6 Å². The zero-order valence-electron chi connectivity index (χ0n) is 19.2. The van der Waals surface area contributed by atoms with E-state index >= 15 is 0 Å². The Balaban J connectivity index is 1.48. The van der Waals surface area contributed by atoms with Gasteiger partial charge in [-0.05, 0) is 43.5 Å². The summed E-state index contributed by atoms with van der Waals surface area (Å²) in [5.41, 5.74) is 10.3. The first-order valence-corrected chi connectivity index (χ1v) is 11.0. The van der Waals surface area contributed by atoms with Crippen molar-refractivity contribution in [3.05, 3.63) is 89.7 Å². The van der Waals surface area contributed by atoms with Crippen LogP contribution >= 0.6 is 0 Å². The lowest BCUT2D eigenvalue weighted by molar-refractivity contribution is 0.775. The number of hydrogen-bond acceptors (Lipinski definition) is 7. The van der Waals surface area contributed by atoms with Crippen LogP contribution in [0.2, 0.25) is 0 Å². The predicted octanol–water partition coefficient (Wildman–Crippen LogP) is 4.51. The molecule has 0 saturated heterocycles. The molecule has 3 N–H and O–H groups in total. The lowest BCUT2D eigenvalue weighted by atomic mass is 10.0. The summed E-state index contributed by atoms with van der Waals surface area (Å²) in [5.74, 6) is 2.77. The van der Waals surface area contributed by atoms with E-state index in [1.807, 2.05) is 48.3 Å². The first-order valence-electron chi connectivity index (χ1n) is 11.0. The third-order valence-corrected chi connectivity index (χ3v) is 5.42. The molecule has 0 spiro atoms. The third-order valence-electron chi connectivity index (χ3n) is 5.42. The molecule has 1 atom stereocenters. The maximum Gasteiger partial charge on any atom is 0.224 e. The van der Waals surface area contributed by atoms with Crippen molar-refractivity contribution in [1.82, 2.24) is 19.9 Å². The van der Waals surface area contributed by atoms with Crippen molar-refractivity contribution < 1.29 is 0 Å². The van der Waals surface area contributed by atoms with E-state index in [4.69, 9.17) is 15.7 Å². The third kappa shape index (κ3) is 5.70. The fourth-order valence-corrected chi connectivity index (χ4v) is 3.61. The lowest BCUT2D eigenvalue weighted by Gasteiger charge is -2.19. The van der Waals surface area contributed by atoms with Crippen molar-refractivity contribution in [1.29, 1.82) is 0 Å². The summed E-state index contributed by atoms with van der Waals surface area (Å²) < 4.78 is 0. The molecule has 0 saturated carbocycles. The molecule has 0 bridgehead atoms. The molecule has 7 nitrogen and oxygen atoms in total. The van der Waals surface area contributed by atoms with Gasteiger partial charge in [-0.2, -0.15) is 4.98 Å². The van der Waals surface area contributed by atoms with Gasteiger partial charge in [-0.3, -0.25) is 0 Å². The number of nitrogens with one attached hydrogen (secondary N) is 1. The van der Waals surface area contributed by atoms with Crippen LogP contribution in [0.1, 0.15) is 23.6 Å². The van der Waals surface area contributed by atoms with Gasteiger partial charge in [0.15, 0.2) is 5.82 Å². The fourth-order valence-electron chi connectivity index (χ4n) is 3.61. The number of aromatic nitrogens is 4. The van der Waals surface area contributed by atoms with E-state index in [2.05, 4.69) is 53.4 Å². The van der Waals surface area contributed by atoms with Crippen molar-refractivity contribution in [2.45, 2.75) is 32.9 Å². The van der Waals surface area contributed by atoms with E-state index in [-0.39, 0.29) is 6.04 Å². The standard InChI is InChI=1S/C26H29N7/c1-18-7-9-22(10-8-18)25-28-13-11-23(31-25)33(3)24-12-14-29-26(32-24)30-19(2)15-20-5-4-6-21(16-20)17-27/h4-14,16,19H,15,17,27H2,1-3H3,(H,29,30,32)/t19-/m0/s1. The SMILES string of the molecule is Cc1ccc(-c2nccc(N(C)c3ccnc(N[C@@H](C)Cc4cccc(CN)c4)n3)n2)cc1. The Labute approximate surface area is 194 Å². The van der Waals surface area contributed by atoms with E-state index in [0.717, 1.165) is 29.2 Å². The lowest BCUT2D eigenvalue weighted by Crippen LogP contribution is -2.21. The maximum atomic E-state index is 5.76. The van der Waals surface area contributed by atoms with Gasteiger partial charge < -0.3 is 16.0 Å². The zero-order chi connectivity index (χ0) is 23.2. The molecule has 0 amide bonds. The number of hydrogen-bond donors (Lipinski definition) is 2. The average molecular weight is 440 g/mol. The van der Waals surface area contributed by atoms with Crippen LogP contribution in [0.25, 0.3) is 11.4 Å². The minimum absolute atomic E-state index is 0.158. The Bertz CT molecular complexity index is 1210. The zero-order valence-corrected chi connectivity index (χ0v) is 19.2. The van der Waals surface area contributed by atoms with E-state index in [0.29, 0.717) is 18.3 Å². The first-order chi connectivity index (χ1) is 16.0. The van der Waals surface area contributed by atoms with E-state index in [9.17, 15) is 0 Å². The van der Waals surface area contributed by atoms with Gasteiger partial charge in [-0.25, -0.2) is 15.0 Å². The van der Waals surface area contributed by atoms with Crippen LogP contribution < -0.4 is 16.0 Å². The second kappa shape index (κ2) is 10.2. The summed E-state index contributed by atoms with van der Waals surface area (Å²) in [5, 5.41) is 3.40. The van der Waals surface area contributed by atoms with Gasteiger partial charge in [0, 0.05) is 37.6 Å². The molecular weight excluding hydrogens is 410 g/mol. The molecule has 0 aliphatic rings. The Hall–Kier alpha value is -3.84. The molecule has 0 aliphatic carbocycles. The van der Waals surface area contributed by atoms with Crippen LogP contribution in [0, 0.1) is 6.92 Å². The molecule has 0 unspecified atom stereocenters. The van der Waals surface area contributed by atoms with Gasteiger partial charge in [-0.15, -0.1) is 0 Å². The number of rotatable bonds is 8. The normalized spacial score (nSPS) is 11.8. The predicted molar refractivity (Wildman–Crippen MR) is 133 cm³/mol. The quantitative estimate of drug-likeness (QED) is 0.417. The van der Waals surface area contributed by atoms with Gasteiger partial charge in [-0.1, -0.05) is 54.1 Å². The highest BCUT2D eigenvalue weighted by Gasteiger charge is 2.12. The highest BCUT2D eigenvalue weighted by molar-refractivity contribution is 5.61. The highest BCUT2D eigenvalue weighted by Crippen LogP contribution is 2.23. The van der Waals surface area contributed by atoms with Crippen LogP contribution in [0.15, 0.2) is 73.1 Å². The van der Waals surface area contributed by atoms with Crippen LogP contribution in [0.4, 0.5) is 17.6 Å². The first kappa shape index (κ1) is 22.4. The topological polar surface area (TPSA) is 92.9 Å². The summed E-state index contributed by atoms with van der Waals surface area (Å²) >= 11 is 0. The van der Waals surface area contributed by atoms with Crippen molar-refractivity contribution in [2.24, 2.45) is 5.73 Å². The number of benzene rings is 2. The van der Waals surface area contributed by atoms with E-state index < -0.39 is 0 Å². The van der Waals surface area contributed by atoms with Gasteiger partial charge in [0.1, 0.15) is 11.6 Å². The second-order valence-electron chi connectivity index (χ2n) is 8.18. The minimum atomic E-state index is 0.158. The van der Waals surface area contributed by atoms with Gasteiger partial charge in [0.2, 0.25) is 5.95 Å². The van der Waals surface area contributed by atoms with E-state index in [1.54, 1.807) is 12.4 Å². The van der Waals surface area contributed by atoms with Crippen molar-refractivity contribution in [2.75, 3.05) is 17.3 Å². The second-order valence-corrected chi connectivity index (χ2v) is 8.18. The molecule has 4 rings (SSSR count). The molecule has 0 radical (unpaired) electrons. The molecule has 33 heavy (non-hydrogen) atoms. The molecule has 4 aromatic rings. The minimum Gasteiger partial charge on any atom is -0.351 e. The largest absolute Gasteiger partial charge is 0.351 e. The number of aryl methyl sites for hydroxylation is 1. The fraction of sp³-hybridized carbons (Fsp3) is 0.231. The molecule has 168 valence electrons. The van der Waals surface area contributed by atoms with Gasteiger partial charge in [0.25, 0.3) is 0 Å². The summed E-state index contributed by atoms with van der Waals surface area (Å²) in [7, 11) is 1.94. The average Bonchev–Trinajstić information content (AvgIpc) is 2.84. The summed E-state index contributed by atoms with van der Waals surface area (Å²) in [6, 6.07) is 20.4. The molecule has 7 heteroatoms. The van der Waals surface area contributed by atoms with Crippen LogP contribution in [-0.2, 0) is 13.0 Å². The molecule has 0 aliphatic heterocycles. The molecule has 2 heterocycles. The molecule has 2 aromatic carbocycles. The monoisotopic (exact) mass is 439 g/mol. The summed E-state index contributed by atoms with van der Waals surface area (Å²) in [6.45, 7) is 4.72. The Morgan fingerprint density at radius 3 is 2.36 bits per heavy atom. The Kier molecular flexibility index (Phi) is 6.90. The summed E-state index contributed by atoms with van der Waals surface area (Å²) in [4.78, 5) is 20.2. The van der Waals surface area contributed by atoms with Crippen LogP contribution in [0.5, 0.6) is 0 Å². The number of nitrogens with zero attached hydrogens (tertiary/aromatic N) is 5. The molecule has 0 fully saturated rings. The van der Waals surface area contributed by atoms with Gasteiger partial charge in [0.05, 0.1) is 0 Å². The number of anilines is 3. The van der Waals surface area contributed by atoms with E-state index in [1.165, 1.54) is 11.1 Å². The maximum absolute atomic E-state index is 5.76. The summed E-state index contributed by atoms with van der Waals surface area (Å²) in [6.07, 6.45) is 4.38. The Morgan fingerprint density at radius 2 is 1.61 bits per heavy atom. The molecular formula is C26H29N7. The number of nitrogens with two attached hydrogens (primary N) is 1. The highest BCUT2D eigenvalue weighted by atomic mass is 15.3. The molecule has 2 aromatic heterocycles. The Morgan fingerprint density at radius 1 is 0.909 bits per heavy atom. The van der Waals surface area contributed by atoms with Gasteiger partial charge >= 0.3 is 0 Å².